The Labute approximate surface area is 104 Å². The van der Waals surface area contributed by atoms with Crippen molar-refractivity contribution >= 4 is 12.3 Å². The van der Waals surface area contributed by atoms with Crippen LogP contribution in [0.3, 0.4) is 0 Å². The van der Waals surface area contributed by atoms with E-state index in [1.165, 1.54) is 12.1 Å². The minimum atomic E-state index is -1.12. The molecule has 4 nitrogen and oxygen atoms in total. The van der Waals surface area contributed by atoms with Crippen molar-refractivity contribution in [2.45, 2.75) is 32.3 Å². The van der Waals surface area contributed by atoms with Crippen LogP contribution < -0.4 is 4.74 Å². The summed E-state index contributed by atoms with van der Waals surface area (Å²) >= 11 is 0. The molecule has 0 saturated heterocycles. The van der Waals surface area contributed by atoms with E-state index >= 15 is 0 Å². The molecule has 1 rings (SSSR count). The van der Waals surface area contributed by atoms with Crippen LogP contribution in [0.25, 0.3) is 0 Å². The molecule has 0 fully saturated rings. The van der Waals surface area contributed by atoms with Gasteiger partial charge in [0.1, 0.15) is 6.29 Å². The summed E-state index contributed by atoms with van der Waals surface area (Å²) in [6.45, 7) is 1.93. The molecule has 0 spiro atoms. The normalized spacial score (nSPS) is 11.9. The number of aldehydes is 1. The standard InChI is InChI=1S/C13H15FO4/c1-2-3-4-12(13(16)17)18-11-6-5-9(8-15)7-10(11)14/h5-8,12H,2-4H2,1H3,(H,16,17). The predicted octanol–water partition coefficient (Wildman–Crippen LogP) is 2.66. The molecule has 1 aromatic carbocycles. The van der Waals surface area contributed by atoms with Crippen LogP contribution in [0.2, 0.25) is 0 Å². The van der Waals surface area contributed by atoms with Gasteiger partial charge in [0.2, 0.25) is 0 Å². The average Bonchev–Trinajstić information content (AvgIpc) is 2.35. The first kappa shape index (κ1) is 14.2. The lowest BCUT2D eigenvalue weighted by molar-refractivity contribution is -0.145. The van der Waals surface area contributed by atoms with Gasteiger partial charge in [-0.15, -0.1) is 0 Å². The third kappa shape index (κ3) is 3.84. The van der Waals surface area contributed by atoms with Crippen LogP contribution in [0, 0.1) is 5.82 Å². The van der Waals surface area contributed by atoms with Gasteiger partial charge in [-0.3, -0.25) is 4.79 Å². The minimum Gasteiger partial charge on any atom is -0.479 e. The van der Waals surface area contributed by atoms with Crippen molar-refractivity contribution < 1.29 is 23.8 Å². The number of rotatable bonds is 7. The van der Waals surface area contributed by atoms with Gasteiger partial charge >= 0.3 is 5.97 Å². The zero-order valence-electron chi connectivity index (χ0n) is 10.1. The third-order valence-electron chi connectivity index (χ3n) is 2.46. The first-order valence-corrected chi connectivity index (χ1v) is 5.72. The molecule has 98 valence electrons. The van der Waals surface area contributed by atoms with E-state index < -0.39 is 17.9 Å². The van der Waals surface area contributed by atoms with Crippen LogP contribution in [-0.2, 0) is 4.79 Å². The molecule has 1 aromatic rings. The summed E-state index contributed by atoms with van der Waals surface area (Å²) in [6, 6.07) is 3.66. The minimum absolute atomic E-state index is 0.149. The highest BCUT2D eigenvalue weighted by Gasteiger charge is 2.20. The summed E-state index contributed by atoms with van der Waals surface area (Å²) in [4.78, 5) is 21.4. The van der Waals surface area contributed by atoms with E-state index in [1.54, 1.807) is 0 Å². The molecule has 0 amide bonds. The van der Waals surface area contributed by atoms with Gasteiger partial charge in [0.05, 0.1) is 0 Å². The predicted molar refractivity (Wildman–Crippen MR) is 63.4 cm³/mol. The van der Waals surface area contributed by atoms with E-state index in [-0.39, 0.29) is 11.3 Å². The molecule has 1 unspecified atom stereocenters. The van der Waals surface area contributed by atoms with Crippen LogP contribution >= 0.6 is 0 Å². The van der Waals surface area contributed by atoms with Gasteiger partial charge in [-0.05, 0) is 31.0 Å². The molecule has 0 aromatic heterocycles. The van der Waals surface area contributed by atoms with Gasteiger partial charge in [0.15, 0.2) is 17.7 Å². The lowest BCUT2D eigenvalue weighted by atomic mass is 10.1. The maximum Gasteiger partial charge on any atom is 0.344 e. The summed E-state index contributed by atoms with van der Waals surface area (Å²) in [6.07, 6.45) is 1.28. The van der Waals surface area contributed by atoms with E-state index in [2.05, 4.69) is 0 Å². The highest BCUT2D eigenvalue weighted by molar-refractivity contribution is 5.75. The van der Waals surface area contributed by atoms with Gasteiger partial charge in [-0.1, -0.05) is 13.3 Å². The number of hydrogen-bond acceptors (Lipinski definition) is 3. The number of ether oxygens (including phenoxy) is 1. The summed E-state index contributed by atoms with van der Waals surface area (Å²) in [5.41, 5.74) is 0.181. The number of carbonyl (C=O) groups excluding carboxylic acids is 1. The molecule has 0 heterocycles. The Hall–Kier alpha value is -1.91. The van der Waals surface area contributed by atoms with Crippen LogP contribution in [0.1, 0.15) is 36.5 Å². The van der Waals surface area contributed by atoms with Crippen molar-refractivity contribution in [3.63, 3.8) is 0 Å². The fourth-order valence-corrected chi connectivity index (χ4v) is 1.46. The lowest BCUT2D eigenvalue weighted by Crippen LogP contribution is -2.27. The molecule has 0 radical (unpaired) electrons. The van der Waals surface area contributed by atoms with Crippen molar-refractivity contribution in [3.8, 4) is 5.75 Å². The monoisotopic (exact) mass is 254 g/mol. The second-order valence-corrected chi connectivity index (χ2v) is 3.89. The SMILES string of the molecule is CCCCC(Oc1ccc(C=O)cc1F)C(=O)O. The van der Waals surface area contributed by atoms with E-state index in [1.807, 2.05) is 6.92 Å². The van der Waals surface area contributed by atoms with Gasteiger partial charge in [-0.25, -0.2) is 9.18 Å². The molecule has 0 aliphatic heterocycles. The van der Waals surface area contributed by atoms with Crippen molar-refractivity contribution in [2.75, 3.05) is 0 Å². The Balaban J connectivity index is 2.80. The zero-order chi connectivity index (χ0) is 13.5. The van der Waals surface area contributed by atoms with Crippen LogP contribution in [0.5, 0.6) is 5.75 Å². The summed E-state index contributed by atoms with van der Waals surface area (Å²) < 4.78 is 18.6. The maximum atomic E-state index is 13.5. The zero-order valence-corrected chi connectivity index (χ0v) is 10.1. The molecular formula is C13H15FO4. The van der Waals surface area contributed by atoms with E-state index in [0.29, 0.717) is 19.1 Å². The Morgan fingerprint density at radius 3 is 2.78 bits per heavy atom. The highest BCUT2D eigenvalue weighted by atomic mass is 19.1. The Morgan fingerprint density at radius 2 is 2.28 bits per heavy atom. The third-order valence-corrected chi connectivity index (χ3v) is 2.46. The summed E-state index contributed by atoms with van der Waals surface area (Å²) in [5, 5.41) is 8.95. The number of aliphatic carboxylic acids is 1. The first-order valence-electron chi connectivity index (χ1n) is 5.72. The molecule has 1 N–H and O–H groups in total. The van der Waals surface area contributed by atoms with Gasteiger partial charge < -0.3 is 9.84 Å². The van der Waals surface area contributed by atoms with Gasteiger partial charge in [0.25, 0.3) is 0 Å². The second-order valence-electron chi connectivity index (χ2n) is 3.89. The lowest BCUT2D eigenvalue weighted by Gasteiger charge is -2.15. The maximum absolute atomic E-state index is 13.5. The molecule has 0 aliphatic rings. The number of carbonyl (C=O) groups is 2. The summed E-state index contributed by atoms with van der Waals surface area (Å²) in [7, 11) is 0. The molecule has 18 heavy (non-hydrogen) atoms. The van der Waals surface area contributed by atoms with E-state index in [4.69, 9.17) is 9.84 Å². The quantitative estimate of drug-likeness (QED) is 0.760. The number of hydrogen-bond donors (Lipinski definition) is 1. The van der Waals surface area contributed by atoms with Gasteiger partial charge in [0, 0.05) is 5.56 Å². The second kappa shape index (κ2) is 6.74. The molecule has 0 saturated carbocycles. The van der Waals surface area contributed by atoms with Crippen LogP contribution in [0.15, 0.2) is 18.2 Å². The number of benzene rings is 1. The number of carboxylic acid groups (broad SMARTS) is 1. The van der Waals surface area contributed by atoms with Crippen molar-refractivity contribution in [1.82, 2.24) is 0 Å². The largest absolute Gasteiger partial charge is 0.479 e. The number of unbranched alkanes of at least 4 members (excludes halogenated alkanes) is 1. The molecule has 0 bridgehead atoms. The molecule has 1 atom stereocenters. The van der Waals surface area contributed by atoms with Crippen LogP contribution in [-0.4, -0.2) is 23.5 Å². The molecular weight excluding hydrogens is 239 g/mol. The Kier molecular flexibility index (Phi) is 5.30. The Morgan fingerprint density at radius 1 is 1.56 bits per heavy atom. The first-order chi connectivity index (χ1) is 8.58. The van der Waals surface area contributed by atoms with Crippen molar-refractivity contribution in [2.24, 2.45) is 0 Å². The van der Waals surface area contributed by atoms with E-state index in [9.17, 15) is 14.0 Å². The number of carboxylic acids is 1. The van der Waals surface area contributed by atoms with E-state index in [0.717, 1.165) is 12.5 Å². The van der Waals surface area contributed by atoms with Gasteiger partial charge in [-0.2, -0.15) is 0 Å². The van der Waals surface area contributed by atoms with Crippen molar-refractivity contribution in [1.29, 1.82) is 0 Å². The highest BCUT2D eigenvalue weighted by Crippen LogP contribution is 2.20. The fraction of sp³-hybridized carbons (Fsp3) is 0.385. The van der Waals surface area contributed by atoms with Crippen LogP contribution in [0.4, 0.5) is 4.39 Å². The smallest absolute Gasteiger partial charge is 0.344 e. The topological polar surface area (TPSA) is 63.6 Å². The number of halogens is 1. The average molecular weight is 254 g/mol. The van der Waals surface area contributed by atoms with Crippen molar-refractivity contribution in [3.05, 3.63) is 29.6 Å². The summed E-state index contributed by atoms with van der Waals surface area (Å²) in [5.74, 6) is -2.01. The Bertz CT molecular complexity index is 431. The fourth-order valence-electron chi connectivity index (χ4n) is 1.46. The molecule has 5 heteroatoms. The molecule has 0 aliphatic carbocycles.